The summed E-state index contributed by atoms with van der Waals surface area (Å²) in [5, 5.41) is 0. The summed E-state index contributed by atoms with van der Waals surface area (Å²) in [4.78, 5) is 14.1. The highest BCUT2D eigenvalue weighted by molar-refractivity contribution is 7.92. The van der Waals surface area contributed by atoms with Gasteiger partial charge in [0.25, 0.3) is 0 Å². The van der Waals surface area contributed by atoms with Gasteiger partial charge in [-0.2, -0.15) is 0 Å². The lowest BCUT2D eigenvalue weighted by Gasteiger charge is -2.24. The summed E-state index contributed by atoms with van der Waals surface area (Å²) in [5.41, 5.74) is 0. The highest BCUT2D eigenvalue weighted by Crippen LogP contribution is 2.24. The maximum atomic E-state index is 12.5. The Hall–Kier alpha value is -1.56. The number of likely N-dealkylation sites (tertiary alicyclic amines) is 1. The molecule has 0 atom stereocenters. The number of para-hydroxylation sites is 1. The maximum absolute atomic E-state index is 12.5. The number of carbonyl (C=O) groups excluding carboxylic acids is 1. The largest absolute Gasteiger partial charge is 0.495 e. The highest BCUT2D eigenvalue weighted by atomic mass is 32.2. The lowest BCUT2D eigenvalue weighted by atomic mass is 10.1. The standard InChI is InChI=1S/C16H23NO4S/c1-21-14-9-5-6-10-15(14)22(19,20)13-16(18)17-11-7-3-2-4-8-12-17/h5-6,9-10H,2-4,7-8,11-13H2,1H3. The number of hydrogen-bond donors (Lipinski definition) is 0. The monoisotopic (exact) mass is 325 g/mol. The van der Waals surface area contributed by atoms with Gasteiger partial charge in [0.15, 0.2) is 9.84 Å². The predicted octanol–water partition coefficient (Wildman–Crippen LogP) is 2.26. The van der Waals surface area contributed by atoms with Crippen molar-refractivity contribution in [3.8, 4) is 5.75 Å². The van der Waals surface area contributed by atoms with Gasteiger partial charge in [-0.05, 0) is 25.0 Å². The number of ether oxygens (including phenoxy) is 1. The Labute approximate surface area is 132 Å². The van der Waals surface area contributed by atoms with Crippen LogP contribution in [-0.4, -0.2) is 45.2 Å². The SMILES string of the molecule is COc1ccccc1S(=O)(=O)CC(=O)N1CCCCCCC1. The van der Waals surface area contributed by atoms with Gasteiger partial charge < -0.3 is 9.64 Å². The summed E-state index contributed by atoms with van der Waals surface area (Å²) in [6, 6.07) is 6.41. The number of rotatable bonds is 4. The number of methoxy groups -OCH3 is 1. The van der Waals surface area contributed by atoms with E-state index in [0.29, 0.717) is 13.1 Å². The van der Waals surface area contributed by atoms with Crippen LogP contribution in [0, 0.1) is 0 Å². The summed E-state index contributed by atoms with van der Waals surface area (Å²) in [7, 11) is -2.26. The summed E-state index contributed by atoms with van der Waals surface area (Å²) in [6.45, 7) is 1.31. The van der Waals surface area contributed by atoms with Gasteiger partial charge in [-0.1, -0.05) is 31.4 Å². The second-order valence-corrected chi connectivity index (χ2v) is 7.52. The molecule has 1 saturated heterocycles. The zero-order chi connectivity index (χ0) is 16.0. The van der Waals surface area contributed by atoms with Gasteiger partial charge in [-0.15, -0.1) is 0 Å². The summed E-state index contributed by atoms with van der Waals surface area (Å²) in [5.74, 6) is -0.524. The van der Waals surface area contributed by atoms with E-state index < -0.39 is 15.6 Å². The van der Waals surface area contributed by atoms with Crippen molar-refractivity contribution in [3.63, 3.8) is 0 Å². The molecule has 2 rings (SSSR count). The van der Waals surface area contributed by atoms with Crippen molar-refractivity contribution in [2.24, 2.45) is 0 Å². The van der Waals surface area contributed by atoms with Crippen LogP contribution in [0.25, 0.3) is 0 Å². The molecule has 0 saturated carbocycles. The average Bonchev–Trinajstić information content (AvgIpc) is 2.46. The molecule has 1 amide bonds. The Morgan fingerprint density at radius 1 is 1.09 bits per heavy atom. The Kier molecular flexibility index (Phi) is 5.83. The van der Waals surface area contributed by atoms with E-state index >= 15 is 0 Å². The number of amides is 1. The molecule has 0 aromatic heterocycles. The Morgan fingerprint density at radius 2 is 1.68 bits per heavy atom. The number of benzene rings is 1. The fraction of sp³-hybridized carbons (Fsp3) is 0.562. The van der Waals surface area contributed by atoms with Crippen molar-refractivity contribution in [1.82, 2.24) is 4.90 Å². The van der Waals surface area contributed by atoms with Crippen molar-refractivity contribution in [2.75, 3.05) is 26.0 Å². The quantitative estimate of drug-likeness (QED) is 0.852. The molecular formula is C16H23NO4S. The van der Waals surface area contributed by atoms with Gasteiger partial charge in [0.1, 0.15) is 16.4 Å². The predicted molar refractivity (Wildman–Crippen MR) is 84.7 cm³/mol. The minimum atomic E-state index is -3.69. The van der Waals surface area contributed by atoms with Crippen LogP contribution in [0.15, 0.2) is 29.2 Å². The number of hydrogen-bond acceptors (Lipinski definition) is 4. The molecule has 0 aliphatic carbocycles. The van der Waals surface area contributed by atoms with E-state index in [1.807, 2.05) is 0 Å². The van der Waals surface area contributed by atoms with Crippen LogP contribution in [0.2, 0.25) is 0 Å². The molecule has 0 radical (unpaired) electrons. The van der Waals surface area contributed by atoms with E-state index in [4.69, 9.17) is 4.74 Å². The molecule has 0 N–H and O–H groups in total. The second kappa shape index (κ2) is 7.63. The number of carbonyl (C=O) groups is 1. The minimum absolute atomic E-state index is 0.0814. The van der Waals surface area contributed by atoms with Crippen LogP contribution in [0.1, 0.15) is 32.1 Å². The van der Waals surface area contributed by atoms with E-state index in [1.54, 1.807) is 23.1 Å². The molecule has 1 aromatic rings. The van der Waals surface area contributed by atoms with E-state index in [1.165, 1.54) is 19.6 Å². The first-order chi connectivity index (χ1) is 10.5. The Morgan fingerprint density at radius 3 is 2.32 bits per heavy atom. The molecule has 0 unspecified atom stereocenters. The van der Waals surface area contributed by atoms with Gasteiger partial charge >= 0.3 is 0 Å². The van der Waals surface area contributed by atoms with Crippen LogP contribution in [0.3, 0.4) is 0 Å². The lowest BCUT2D eigenvalue weighted by Crippen LogP contribution is -2.37. The molecule has 0 bridgehead atoms. The molecule has 22 heavy (non-hydrogen) atoms. The number of nitrogens with zero attached hydrogens (tertiary/aromatic N) is 1. The zero-order valence-corrected chi connectivity index (χ0v) is 13.8. The third kappa shape index (κ3) is 4.22. The zero-order valence-electron chi connectivity index (χ0n) is 13.0. The smallest absolute Gasteiger partial charge is 0.238 e. The molecule has 1 aliphatic rings. The topological polar surface area (TPSA) is 63.7 Å². The van der Waals surface area contributed by atoms with Crippen molar-refractivity contribution in [2.45, 2.75) is 37.0 Å². The molecule has 5 nitrogen and oxygen atoms in total. The van der Waals surface area contributed by atoms with E-state index in [-0.39, 0.29) is 16.6 Å². The minimum Gasteiger partial charge on any atom is -0.495 e. The molecule has 6 heteroatoms. The van der Waals surface area contributed by atoms with Gasteiger partial charge in [-0.3, -0.25) is 4.79 Å². The molecule has 122 valence electrons. The van der Waals surface area contributed by atoms with Crippen LogP contribution in [0.4, 0.5) is 0 Å². The first-order valence-electron chi connectivity index (χ1n) is 7.68. The van der Waals surface area contributed by atoms with Gasteiger partial charge in [-0.25, -0.2) is 8.42 Å². The summed E-state index contributed by atoms with van der Waals surface area (Å²) >= 11 is 0. The van der Waals surface area contributed by atoms with Crippen molar-refractivity contribution in [1.29, 1.82) is 0 Å². The lowest BCUT2D eigenvalue weighted by molar-refractivity contribution is -0.128. The van der Waals surface area contributed by atoms with Crippen molar-refractivity contribution in [3.05, 3.63) is 24.3 Å². The van der Waals surface area contributed by atoms with Gasteiger partial charge in [0.05, 0.1) is 7.11 Å². The van der Waals surface area contributed by atoms with E-state index in [0.717, 1.165) is 25.7 Å². The molecular weight excluding hydrogens is 302 g/mol. The average molecular weight is 325 g/mol. The fourth-order valence-electron chi connectivity index (χ4n) is 2.70. The first-order valence-corrected chi connectivity index (χ1v) is 9.33. The first kappa shape index (κ1) is 16.8. The molecule has 1 aliphatic heterocycles. The molecule has 1 fully saturated rings. The molecule has 1 heterocycles. The maximum Gasteiger partial charge on any atom is 0.238 e. The highest BCUT2D eigenvalue weighted by Gasteiger charge is 2.26. The fourth-order valence-corrected chi connectivity index (χ4v) is 4.11. The van der Waals surface area contributed by atoms with Crippen LogP contribution in [-0.2, 0) is 14.6 Å². The van der Waals surface area contributed by atoms with Gasteiger partial charge in [0.2, 0.25) is 5.91 Å². The van der Waals surface area contributed by atoms with E-state index in [2.05, 4.69) is 0 Å². The van der Waals surface area contributed by atoms with Crippen LogP contribution >= 0.6 is 0 Å². The van der Waals surface area contributed by atoms with Crippen LogP contribution in [0.5, 0.6) is 5.75 Å². The molecule has 1 aromatic carbocycles. The number of sulfone groups is 1. The third-order valence-electron chi connectivity index (χ3n) is 3.93. The van der Waals surface area contributed by atoms with Crippen molar-refractivity contribution >= 4 is 15.7 Å². The summed E-state index contributed by atoms with van der Waals surface area (Å²) < 4.78 is 30.1. The normalized spacial score (nSPS) is 16.7. The van der Waals surface area contributed by atoms with Crippen molar-refractivity contribution < 1.29 is 17.9 Å². The third-order valence-corrected chi connectivity index (χ3v) is 5.56. The Balaban J connectivity index is 2.11. The molecule has 0 spiro atoms. The second-order valence-electron chi connectivity index (χ2n) is 5.56. The van der Waals surface area contributed by atoms with Gasteiger partial charge in [0, 0.05) is 13.1 Å². The van der Waals surface area contributed by atoms with Crippen LogP contribution < -0.4 is 4.74 Å². The summed E-state index contributed by atoms with van der Waals surface area (Å²) in [6.07, 6.45) is 5.29. The van der Waals surface area contributed by atoms with E-state index in [9.17, 15) is 13.2 Å². The Bertz CT molecular complexity index is 604.